The van der Waals surface area contributed by atoms with Crippen molar-refractivity contribution in [2.75, 3.05) is 11.4 Å². The Morgan fingerprint density at radius 1 is 1.09 bits per heavy atom. The van der Waals surface area contributed by atoms with Crippen LogP contribution in [0.1, 0.15) is 63.6 Å². The summed E-state index contributed by atoms with van der Waals surface area (Å²) in [6, 6.07) is 13.5. The standard InChI is InChI=1S/C25H31N3O4/c1-25(2,3)32-24(30)28(20-12-13-20)22-14-11-19(16-26-22)21-10-7-15-27(21)23(29)31-17-18-8-5-4-6-9-18/h4-6,8-9,11,14,16,20-21H,7,10,12-13,15,17H2,1-3H3. The highest BCUT2D eigenvalue weighted by Crippen LogP contribution is 2.35. The third kappa shape index (κ3) is 5.39. The van der Waals surface area contributed by atoms with Gasteiger partial charge >= 0.3 is 12.2 Å². The summed E-state index contributed by atoms with van der Waals surface area (Å²) in [7, 11) is 0. The van der Waals surface area contributed by atoms with Crippen LogP contribution in [0.5, 0.6) is 0 Å². The molecule has 0 spiro atoms. The van der Waals surface area contributed by atoms with Gasteiger partial charge in [-0.1, -0.05) is 36.4 Å². The number of hydrogen-bond donors (Lipinski definition) is 0. The van der Waals surface area contributed by atoms with E-state index in [1.165, 1.54) is 0 Å². The summed E-state index contributed by atoms with van der Waals surface area (Å²) in [5.74, 6) is 0.585. The zero-order valence-corrected chi connectivity index (χ0v) is 19.0. The van der Waals surface area contributed by atoms with Crippen LogP contribution in [0.3, 0.4) is 0 Å². The lowest BCUT2D eigenvalue weighted by molar-refractivity contribution is 0.0576. The van der Waals surface area contributed by atoms with Crippen molar-refractivity contribution in [1.29, 1.82) is 0 Å². The average molecular weight is 438 g/mol. The van der Waals surface area contributed by atoms with E-state index >= 15 is 0 Å². The van der Waals surface area contributed by atoms with Crippen molar-refractivity contribution in [3.05, 3.63) is 59.8 Å². The lowest BCUT2D eigenvalue weighted by Gasteiger charge is -2.27. The first kappa shape index (κ1) is 22.1. The van der Waals surface area contributed by atoms with E-state index in [0.29, 0.717) is 12.4 Å². The van der Waals surface area contributed by atoms with Gasteiger partial charge < -0.3 is 14.4 Å². The molecule has 170 valence electrons. The van der Waals surface area contributed by atoms with Crippen molar-refractivity contribution in [1.82, 2.24) is 9.88 Å². The van der Waals surface area contributed by atoms with E-state index < -0.39 is 5.60 Å². The Labute approximate surface area is 189 Å². The van der Waals surface area contributed by atoms with Crippen LogP contribution in [0, 0.1) is 0 Å². The zero-order chi connectivity index (χ0) is 22.7. The van der Waals surface area contributed by atoms with Crippen LogP contribution >= 0.6 is 0 Å². The van der Waals surface area contributed by atoms with Crippen LogP contribution in [-0.2, 0) is 16.1 Å². The lowest BCUT2D eigenvalue weighted by Crippen LogP contribution is -2.38. The van der Waals surface area contributed by atoms with Crippen molar-refractivity contribution in [3.63, 3.8) is 0 Å². The second-order valence-corrected chi connectivity index (χ2v) is 9.42. The van der Waals surface area contributed by atoms with Crippen molar-refractivity contribution in [2.24, 2.45) is 0 Å². The minimum absolute atomic E-state index is 0.0734. The van der Waals surface area contributed by atoms with Crippen LogP contribution in [0.25, 0.3) is 0 Å². The van der Waals surface area contributed by atoms with Crippen LogP contribution < -0.4 is 4.90 Å². The number of amides is 2. The number of carbonyl (C=O) groups is 2. The monoisotopic (exact) mass is 437 g/mol. The van der Waals surface area contributed by atoms with E-state index in [0.717, 1.165) is 36.8 Å². The summed E-state index contributed by atoms with van der Waals surface area (Å²) in [4.78, 5) is 33.4. The van der Waals surface area contributed by atoms with Gasteiger partial charge in [0.15, 0.2) is 0 Å². The third-order valence-corrected chi connectivity index (χ3v) is 5.60. The molecule has 2 aliphatic rings. The van der Waals surface area contributed by atoms with E-state index in [1.54, 1.807) is 16.0 Å². The largest absolute Gasteiger partial charge is 0.445 e. The van der Waals surface area contributed by atoms with Crippen molar-refractivity contribution >= 4 is 18.0 Å². The Bertz CT molecular complexity index is 936. The average Bonchev–Trinajstić information content (AvgIpc) is 3.46. The molecule has 0 bridgehead atoms. The molecule has 1 aliphatic heterocycles. The van der Waals surface area contributed by atoms with E-state index in [-0.39, 0.29) is 30.9 Å². The van der Waals surface area contributed by atoms with Crippen molar-refractivity contribution < 1.29 is 19.1 Å². The summed E-state index contributed by atoms with van der Waals surface area (Å²) in [6.07, 6.45) is 4.76. The predicted octanol–water partition coefficient (Wildman–Crippen LogP) is 5.46. The van der Waals surface area contributed by atoms with Crippen LogP contribution in [0.2, 0.25) is 0 Å². The fourth-order valence-electron chi connectivity index (χ4n) is 3.94. The van der Waals surface area contributed by atoms with E-state index in [2.05, 4.69) is 4.98 Å². The molecule has 7 nitrogen and oxygen atoms in total. The number of anilines is 1. The number of carbonyl (C=O) groups excluding carboxylic acids is 2. The van der Waals surface area contributed by atoms with Gasteiger partial charge in [-0.25, -0.2) is 14.6 Å². The second kappa shape index (κ2) is 9.18. The Morgan fingerprint density at radius 2 is 1.84 bits per heavy atom. The van der Waals surface area contributed by atoms with Gasteiger partial charge in [-0.05, 0) is 63.6 Å². The number of hydrogen-bond acceptors (Lipinski definition) is 5. The summed E-state index contributed by atoms with van der Waals surface area (Å²) >= 11 is 0. The molecule has 1 atom stereocenters. The highest BCUT2D eigenvalue weighted by atomic mass is 16.6. The predicted molar refractivity (Wildman–Crippen MR) is 121 cm³/mol. The van der Waals surface area contributed by atoms with Gasteiger partial charge in [0, 0.05) is 18.8 Å². The number of benzene rings is 1. The number of nitrogens with zero attached hydrogens (tertiary/aromatic N) is 3. The fraction of sp³-hybridized carbons (Fsp3) is 0.480. The molecule has 2 heterocycles. The molecule has 0 radical (unpaired) electrons. The number of aromatic nitrogens is 1. The van der Waals surface area contributed by atoms with Gasteiger partial charge in [0.2, 0.25) is 0 Å². The van der Waals surface area contributed by atoms with E-state index in [4.69, 9.17) is 9.47 Å². The molecule has 2 aromatic rings. The second-order valence-electron chi connectivity index (χ2n) is 9.42. The first-order chi connectivity index (χ1) is 15.3. The van der Waals surface area contributed by atoms with E-state index in [9.17, 15) is 9.59 Å². The molecule has 1 aliphatic carbocycles. The normalized spacial score (nSPS) is 18.3. The van der Waals surface area contributed by atoms with Crippen LogP contribution in [-0.4, -0.2) is 40.3 Å². The molecule has 1 saturated heterocycles. The fourth-order valence-corrected chi connectivity index (χ4v) is 3.94. The minimum atomic E-state index is -0.561. The van der Waals surface area contributed by atoms with Gasteiger partial charge in [-0.2, -0.15) is 0 Å². The molecule has 1 saturated carbocycles. The Hall–Kier alpha value is -3.09. The number of ether oxygens (including phenoxy) is 2. The first-order valence-electron chi connectivity index (χ1n) is 11.3. The molecule has 4 rings (SSSR count). The van der Waals surface area contributed by atoms with Gasteiger partial charge in [0.1, 0.15) is 18.0 Å². The maximum atomic E-state index is 12.7. The van der Waals surface area contributed by atoms with Crippen molar-refractivity contribution in [3.8, 4) is 0 Å². The molecule has 1 aromatic carbocycles. The molecule has 7 heteroatoms. The first-order valence-corrected chi connectivity index (χ1v) is 11.3. The molecular formula is C25H31N3O4. The van der Waals surface area contributed by atoms with Crippen LogP contribution in [0.4, 0.5) is 15.4 Å². The highest BCUT2D eigenvalue weighted by Gasteiger charge is 2.37. The summed E-state index contributed by atoms with van der Waals surface area (Å²) in [5.41, 5.74) is 1.35. The van der Waals surface area contributed by atoms with Crippen LogP contribution in [0.15, 0.2) is 48.7 Å². The Balaban J connectivity index is 1.43. The topological polar surface area (TPSA) is 72.0 Å². The molecule has 2 fully saturated rings. The summed E-state index contributed by atoms with van der Waals surface area (Å²) in [5, 5.41) is 0. The third-order valence-electron chi connectivity index (χ3n) is 5.60. The van der Waals surface area contributed by atoms with Crippen molar-refractivity contribution in [2.45, 2.75) is 70.7 Å². The molecular weight excluding hydrogens is 406 g/mol. The van der Waals surface area contributed by atoms with Gasteiger partial charge in [-0.15, -0.1) is 0 Å². The molecule has 2 amide bonds. The lowest BCUT2D eigenvalue weighted by atomic mass is 10.1. The maximum Gasteiger partial charge on any atom is 0.416 e. The Kier molecular flexibility index (Phi) is 6.35. The minimum Gasteiger partial charge on any atom is -0.445 e. The highest BCUT2D eigenvalue weighted by molar-refractivity contribution is 5.88. The number of pyridine rings is 1. The van der Waals surface area contributed by atoms with Gasteiger partial charge in [-0.3, -0.25) is 4.90 Å². The number of rotatable bonds is 5. The summed E-state index contributed by atoms with van der Waals surface area (Å²) < 4.78 is 11.1. The van der Waals surface area contributed by atoms with Gasteiger partial charge in [0.05, 0.1) is 6.04 Å². The molecule has 32 heavy (non-hydrogen) atoms. The molecule has 1 unspecified atom stereocenters. The zero-order valence-electron chi connectivity index (χ0n) is 19.0. The molecule has 0 N–H and O–H groups in total. The quantitative estimate of drug-likeness (QED) is 0.621. The van der Waals surface area contributed by atoms with Gasteiger partial charge in [0.25, 0.3) is 0 Å². The summed E-state index contributed by atoms with van der Waals surface area (Å²) in [6.45, 7) is 6.49. The molecule has 1 aromatic heterocycles. The van der Waals surface area contributed by atoms with E-state index in [1.807, 2.05) is 63.2 Å². The SMILES string of the molecule is CC(C)(C)OC(=O)N(c1ccc(C2CCCN2C(=O)OCc2ccccc2)cn1)C1CC1. The number of likely N-dealkylation sites (tertiary alicyclic amines) is 1. The maximum absolute atomic E-state index is 12.7. The smallest absolute Gasteiger partial charge is 0.416 e. The Morgan fingerprint density at radius 3 is 2.47 bits per heavy atom.